The lowest BCUT2D eigenvalue weighted by atomic mass is 10.1. The van der Waals surface area contributed by atoms with Gasteiger partial charge in [0.25, 0.3) is 0 Å². The number of nitrogens with one attached hydrogen (secondary N) is 1. The molecule has 1 heterocycles. The molecular weight excluding hydrogens is 302 g/mol. The molecule has 0 fully saturated rings. The zero-order valence-corrected chi connectivity index (χ0v) is 12.7. The summed E-state index contributed by atoms with van der Waals surface area (Å²) in [7, 11) is -3.71. The molecule has 0 saturated heterocycles. The summed E-state index contributed by atoms with van der Waals surface area (Å²) < 4.78 is 32.9. The van der Waals surface area contributed by atoms with E-state index in [9.17, 15) is 13.5 Å². The van der Waals surface area contributed by atoms with E-state index in [0.717, 1.165) is 5.76 Å². The van der Waals surface area contributed by atoms with E-state index in [0.29, 0.717) is 16.5 Å². The minimum Gasteiger partial charge on any atom is -0.507 e. The second-order valence-electron chi connectivity index (χ2n) is 4.97. The van der Waals surface area contributed by atoms with Crippen LogP contribution in [0.3, 0.4) is 0 Å². The van der Waals surface area contributed by atoms with E-state index in [1.807, 2.05) is 0 Å². The fourth-order valence-electron chi connectivity index (χ4n) is 2.32. The van der Waals surface area contributed by atoms with Gasteiger partial charge in [-0.3, -0.25) is 0 Å². The third-order valence-electron chi connectivity index (χ3n) is 3.38. The van der Waals surface area contributed by atoms with Crippen LogP contribution in [0.5, 0.6) is 5.75 Å². The van der Waals surface area contributed by atoms with Gasteiger partial charge in [0.15, 0.2) is 0 Å². The summed E-state index contributed by atoms with van der Waals surface area (Å²) in [6.07, 6.45) is 0. The van der Waals surface area contributed by atoms with Crippen molar-refractivity contribution in [2.75, 3.05) is 0 Å². The van der Waals surface area contributed by atoms with Crippen molar-refractivity contribution in [1.29, 1.82) is 0 Å². The SMILES string of the molecule is Cc1ccc(CNS(=O)(=O)c2cccc3c(O)cccc23)o1. The first-order valence-electron chi connectivity index (χ1n) is 6.73. The van der Waals surface area contributed by atoms with Gasteiger partial charge in [-0.2, -0.15) is 0 Å². The number of aromatic hydroxyl groups is 1. The molecule has 0 aliphatic heterocycles. The maximum Gasteiger partial charge on any atom is 0.241 e. The number of benzene rings is 2. The summed E-state index contributed by atoms with van der Waals surface area (Å²) in [5.74, 6) is 1.32. The predicted molar refractivity (Wildman–Crippen MR) is 83.1 cm³/mol. The van der Waals surface area contributed by atoms with E-state index in [4.69, 9.17) is 4.42 Å². The van der Waals surface area contributed by atoms with E-state index in [1.54, 1.807) is 43.3 Å². The maximum atomic E-state index is 12.5. The van der Waals surface area contributed by atoms with Crippen molar-refractivity contribution in [3.05, 3.63) is 60.1 Å². The molecule has 0 spiro atoms. The van der Waals surface area contributed by atoms with Crippen LogP contribution in [0.15, 0.2) is 57.8 Å². The molecule has 3 rings (SSSR count). The highest BCUT2D eigenvalue weighted by Gasteiger charge is 2.18. The fraction of sp³-hybridized carbons (Fsp3) is 0.125. The van der Waals surface area contributed by atoms with Gasteiger partial charge >= 0.3 is 0 Å². The molecule has 22 heavy (non-hydrogen) atoms. The highest BCUT2D eigenvalue weighted by molar-refractivity contribution is 7.89. The summed E-state index contributed by atoms with van der Waals surface area (Å²) in [5, 5.41) is 10.8. The van der Waals surface area contributed by atoms with Gasteiger partial charge in [-0.15, -0.1) is 0 Å². The average molecular weight is 317 g/mol. The van der Waals surface area contributed by atoms with Gasteiger partial charge in [0.2, 0.25) is 10.0 Å². The van der Waals surface area contributed by atoms with E-state index in [1.165, 1.54) is 12.1 Å². The topological polar surface area (TPSA) is 79.5 Å². The second kappa shape index (κ2) is 5.47. The van der Waals surface area contributed by atoms with Gasteiger partial charge in [0, 0.05) is 10.8 Å². The number of hydrogen-bond donors (Lipinski definition) is 2. The number of phenols is 1. The lowest BCUT2D eigenvalue weighted by Gasteiger charge is -2.09. The third-order valence-corrected chi connectivity index (χ3v) is 4.84. The van der Waals surface area contributed by atoms with Crippen molar-refractivity contribution in [3.8, 4) is 5.75 Å². The van der Waals surface area contributed by atoms with E-state index < -0.39 is 10.0 Å². The van der Waals surface area contributed by atoms with Gasteiger partial charge in [0.1, 0.15) is 17.3 Å². The first-order valence-corrected chi connectivity index (χ1v) is 8.21. The first-order chi connectivity index (χ1) is 10.5. The molecule has 0 unspecified atom stereocenters. The highest BCUT2D eigenvalue weighted by Crippen LogP contribution is 2.29. The third kappa shape index (κ3) is 2.70. The molecule has 114 valence electrons. The Bertz CT molecular complexity index is 928. The van der Waals surface area contributed by atoms with Crippen LogP contribution in [0.2, 0.25) is 0 Å². The van der Waals surface area contributed by atoms with Crippen molar-refractivity contribution in [1.82, 2.24) is 4.72 Å². The van der Waals surface area contributed by atoms with Gasteiger partial charge in [-0.1, -0.05) is 24.3 Å². The molecule has 0 bridgehead atoms. The van der Waals surface area contributed by atoms with Crippen LogP contribution < -0.4 is 4.72 Å². The van der Waals surface area contributed by atoms with Crippen molar-refractivity contribution >= 4 is 20.8 Å². The van der Waals surface area contributed by atoms with Crippen molar-refractivity contribution in [3.63, 3.8) is 0 Å². The number of furan rings is 1. The smallest absolute Gasteiger partial charge is 0.241 e. The zero-order valence-electron chi connectivity index (χ0n) is 11.9. The normalized spacial score (nSPS) is 11.9. The Balaban J connectivity index is 1.97. The maximum absolute atomic E-state index is 12.5. The summed E-state index contributed by atoms with van der Waals surface area (Å²) in [4.78, 5) is 0.129. The molecule has 1 aromatic heterocycles. The van der Waals surface area contributed by atoms with Crippen molar-refractivity contribution < 1.29 is 17.9 Å². The van der Waals surface area contributed by atoms with Crippen LogP contribution in [-0.4, -0.2) is 13.5 Å². The van der Waals surface area contributed by atoms with E-state index in [-0.39, 0.29) is 17.2 Å². The fourth-order valence-corrected chi connectivity index (χ4v) is 3.54. The number of rotatable bonds is 4. The number of sulfonamides is 1. The largest absolute Gasteiger partial charge is 0.507 e. The molecule has 0 amide bonds. The standard InChI is InChI=1S/C16H15NO4S/c1-11-8-9-12(21-11)10-17-22(19,20)16-7-3-4-13-14(16)5-2-6-15(13)18/h2-9,17-18H,10H2,1H3. The summed E-state index contributed by atoms with van der Waals surface area (Å²) in [6.45, 7) is 1.87. The molecule has 0 aliphatic carbocycles. The number of fused-ring (bicyclic) bond motifs is 1. The van der Waals surface area contributed by atoms with Crippen LogP contribution in [0.1, 0.15) is 11.5 Å². The van der Waals surface area contributed by atoms with Crippen LogP contribution in [0.25, 0.3) is 10.8 Å². The first kappa shape index (κ1) is 14.6. The Morgan fingerprint density at radius 2 is 1.77 bits per heavy atom. The van der Waals surface area contributed by atoms with Gasteiger partial charge in [-0.25, -0.2) is 13.1 Å². The molecule has 5 nitrogen and oxygen atoms in total. The average Bonchev–Trinajstić information content (AvgIpc) is 2.91. The van der Waals surface area contributed by atoms with Gasteiger partial charge in [-0.05, 0) is 31.2 Å². The Morgan fingerprint density at radius 3 is 2.50 bits per heavy atom. The molecule has 0 aliphatic rings. The number of phenolic OH excluding ortho intramolecular Hbond substituents is 1. The Morgan fingerprint density at radius 1 is 1.05 bits per heavy atom. The van der Waals surface area contributed by atoms with E-state index in [2.05, 4.69) is 4.72 Å². The summed E-state index contributed by atoms with van der Waals surface area (Å²) >= 11 is 0. The molecule has 2 N–H and O–H groups in total. The Kier molecular flexibility index (Phi) is 3.64. The summed E-state index contributed by atoms with van der Waals surface area (Å²) in [6, 6.07) is 13.1. The van der Waals surface area contributed by atoms with Crippen molar-refractivity contribution in [2.45, 2.75) is 18.4 Å². The van der Waals surface area contributed by atoms with Gasteiger partial charge < -0.3 is 9.52 Å². The molecule has 6 heteroatoms. The summed E-state index contributed by atoms with van der Waals surface area (Å²) in [5.41, 5.74) is 0. The van der Waals surface area contributed by atoms with Crippen LogP contribution >= 0.6 is 0 Å². The van der Waals surface area contributed by atoms with E-state index >= 15 is 0 Å². The van der Waals surface area contributed by atoms with Crippen molar-refractivity contribution in [2.24, 2.45) is 0 Å². The molecule has 0 saturated carbocycles. The lowest BCUT2D eigenvalue weighted by molar-refractivity contribution is 0.475. The Hall–Kier alpha value is -2.31. The minimum atomic E-state index is -3.71. The van der Waals surface area contributed by atoms with Gasteiger partial charge in [0.05, 0.1) is 11.4 Å². The predicted octanol–water partition coefficient (Wildman–Crippen LogP) is 2.93. The number of aryl methyl sites for hydroxylation is 1. The lowest BCUT2D eigenvalue weighted by Crippen LogP contribution is -2.23. The second-order valence-corrected chi connectivity index (χ2v) is 6.70. The highest BCUT2D eigenvalue weighted by atomic mass is 32.2. The molecule has 3 aromatic rings. The Labute approximate surface area is 128 Å². The minimum absolute atomic E-state index is 0.0520. The molecule has 0 radical (unpaired) electrons. The van der Waals surface area contributed by atoms with Crippen LogP contribution in [-0.2, 0) is 16.6 Å². The quantitative estimate of drug-likeness (QED) is 0.775. The molecular formula is C16H15NO4S. The zero-order chi connectivity index (χ0) is 15.7. The van der Waals surface area contributed by atoms with Crippen LogP contribution in [0, 0.1) is 6.92 Å². The monoisotopic (exact) mass is 317 g/mol. The molecule has 0 atom stereocenters. The van der Waals surface area contributed by atoms with Crippen LogP contribution in [0.4, 0.5) is 0 Å². The molecule has 2 aromatic carbocycles. The number of hydrogen-bond acceptors (Lipinski definition) is 4.